The van der Waals surface area contributed by atoms with Crippen molar-refractivity contribution < 1.29 is 0 Å². The van der Waals surface area contributed by atoms with Gasteiger partial charge >= 0.3 is 0 Å². The first-order valence-electron chi connectivity index (χ1n) is 6.77. The third-order valence-electron chi connectivity index (χ3n) is 4.14. The summed E-state index contributed by atoms with van der Waals surface area (Å²) in [5, 5.41) is 0. The standard InChI is InChI=1S/C14H21N3/c1-2-14-12-16(10-11-17(14)8-1)9-5-13-3-6-15-7-4-13/h3-4,6-7,14H,1-2,5,8-12H2. The Balaban J connectivity index is 1.50. The van der Waals surface area contributed by atoms with Gasteiger partial charge in [-0.1, -0.05) is 0 Å². The fraction of sp³-hybridized carbons (Fsp3) is 0.643. The molecule has 2 aliphatic heterocycles. The second kappa shape index (κ2) is 5.15. The molecule has 1 atom stereocenters. The zero-order valence-corrected chi connectivity index (χ0v) is 10.4. The lowest BCUT2D eigenvalue weighted by molar-refractivity contribution is 0.105. The zero-order valence-electron chi connectivity index (χ0n) is 10.4. The number of rotatable bonds is 3. The maximum Gasteiger partial charge on any atom is 0.0270 e. The highest BCUT2D eigenvalue weighted by Gasteiger charge is 2.29. The molecule has 0 N–H and O–H groups in total. The highest BCUT2D eigenvalue weighted by atomic mass is 15.3. The van der Waals surface area contributed by atoms with Crippen molar-refractivity contribution in [2.75, 3.05) is 32.7 Å². The summed E-state index contributed by atoms with van der Waals surface area (Å²) < 4.78 is 0. The minimum Gasteiger partial charge on any atom is -0.300 e. The molecular weight excluding hydrogens is 210 g/mol. The Kier molecular flexibility index (Phi) is 3.39. The van der Waals surface area contributed by atoms with E-state index in [-0.39, 0.29) is 0 Å². The Hall–Kier alpha value is -0.930. The molecule has 1 aromatic heterocycles. The van der Waals surface area contributed by atoms with Gasteiger partial charge in [0.1, 0.15) is 0 Å². The SMILES string of the molecule is c1cc(CCN2CCN3CCCC3C2)ccn1. The average molecular weight is 231 g/mol. The van der Waals surface area contributed by atoms with Crippen molar-refractivity contribution in [2.24, 2.45) is 0 Å². The van der Waals surface area contributed by atoms with Crippen molar-refractivity contribution >= 4 is 0 Å². The second-order valence-corrected chi connectivity index (χ2v) is 5.24. The van der Waals surface area contributed by atoms with Gasteiger partial charge in [-0.2, -0.15) is 0 Å². The first kappa shape index (κ1) is 11.2. The van der Waals surface area contributed by atoms with Crippen LogP contribution in [0.15, 0.2) is 24.5 Å². The monoisotopic (exact) mass is 231 g/mol. The zero-order chi connectivity index (χ0) is 11.5. The molecule has 0 bridgehead atoms. The third kappa shape index (κ3) is 2.67. The summed E-state index contributed by atoms with van der Waals surface area (Å²) in [4.78, 5) is 9.36. The molecule has 0 saturated carbocycles. The number of hydrogen-bond acceptors (Lipinski definition) is 3. The van der Waals surface area contributed by atoms with Crippen LogP contribution in [-0.4, -0.2) is 53.5 Å². The van der Waals surface area contributed by atoms with Gasteiger partial charge in [0.05, 0.1) is 0 Å². The molecule has 0 aromatic carbocycles. The lowest BCUT2D eigenvalue weighted by atomic mass is 10.1. The molecule has 3 heterocycles. The molecule has 0 radical (unpaired) electrons. The van der Waals surface area contributed by atoms with Crippen LogP contribution in [0.3, 0.4) is 0 Å². The molecule has 0 aliphatic carbocycles. The molecule has 2 aliphatic rings. The van der Waals surface area contributed by atoms with Gasteiger partial charge in [0.25, 0.3) is 0 Å². The highest BCUT2D eigenvalue weighted by molar-refractivity contribution is 5.10. The van der Waals surface area contributed by atoms with Crippen molar-refractivity contribution in [2.45, 2.75) is 25.3 Å². The lowest BCUT2D eigenvalue weighted by Crippen LogP contribution is -2.50. The van der Waals surface area contributed by atoms with E-state index in [1.807, 2.05) is 12.4 Å². The quantitative estimate of drug-likeness (QED) is 0.784. The van der Waals surface area contributed by atoms with E-state index in [1.165, 1.54) is 51.1 Å². The Bertz CT molecular complexity index is 352. The summed E-state index contributed by atoms with van der Waals surface area (Å²) in [7, 11) is 0. The summed E-state index contributed by atoms with van der Waals surface area (Å²) in [6.45, 7) is 6.35. The van der Waals surface area contributed by atoms with Gasteiger partial charge in [0.2, 0.25) is 0 Å². The van der Waals surface area contributed by atoms with Gasteiger partial charge in [-0.25, -0.2) is 0 Å². The molecule has 2 fully saturated rings. The molecule has 17 heavy (non-hydrogen) atoms. The number of pyridine rings is 1. The number of hydrogen-bond donors (Lipinski definition) is 0. The van der Waals surface area contributed by atoms with Crippen LogP contribution in [0, 0.1) is 0 Å². The summed E-state index contributed by atoms with van der Waals surface area (Å²) in [5.41, 5.74) is 1.41. The van der Waals surface area contributed by atoms with Crippen LogP contribution in [0.2, 0.25) is 0 Å². The number of piperazine rings is 1. The van der Waals surface area contributed by atoms with Gasteiger partial charge in [0, 0.05) is 44.6 Å². The highest BCUT2D eigenvalue weighted by Crippen LogP contribution is 2.21. The normalized spacial score (nSPS) is 26.0. The maximum absolute atomic E-state index is 4.06. The maximum atomic E-state index is 4.06. The Morgan fingerprint density at radius 2 is 2.06 bits per heavy atom. The van der Waals surface area contributed by atoms with E-state index < -0.39 is 0 Å². The molecule has 1 unspecified atom stereocenters. The van der Waals surface area contributed by atoms with Crippen LogP contribution in [0.4, 0.5) is 0 Å². The van der Waals surface area contributed by atoms with Crippen LogP contribution in [0.1, 0.15) is 18.4 Å². The van der Waals surface area contributed by atoms with E-state index in [1.54, 1.807) is 0 Å². The summed E-state index contributed by atoms with van der Waals surface area (Å²) in [5.74, 6) is 0. The second-order valence-electron chi connectivity index (χ2n) is 5.24. The van der Waals surface area contributed by atoms with Crippen molar-refractivity contribution in [1.82, 2.24) is 14.8 Å². The number of aromatic nitrogens is 1. The fourth-order valence-corrected chi connectivity index (χ4v) is 3.10. The van der Waals surface area contributed by atoms with Crippen LogP contribution in [0.5, 0.6) is 0 Å². The fourth-order valence-electron chi connectivity index (χ4n) is 3.10. The summed E-state index contributed by atoms with van der Waals surface area (Å²) in [6.07, 6.45) is 7.76. The predicted octanol–water partition coefficient (Wildman–Crippen LogP) is 1.40. The predicted molar refractivity (Wildman–Crippen MR) is 69.0 cm³/mol. The molecule has 3 rings (SSSR count). The number of nitrogens with zero attached hydrogens (tertiary/aromatic N) is 3. The Morgan fingerprint density at radius 1 is 1.18 bits per heavy atom. The van der Waals surface area contributed by atoms with Gasteiger partial charge < -0.3 is 4.90 Å². The van der Waals surface area contributed by atoms with E-state index >= 15 is 0 Å². The van der Waals surface area contributed by atoms with Gasteiger partial charge in [-0.15, -0.1) is 0 Å². The van der Waals surface area contributed by atoms with E-state index in [0.29, 0.717) is 0 Å². The van der Waals surface area contributed by atoms with Gasteiger partial charge in [0.15, 0.2) is 0 Å². The van der Waals surface area contributed by atoms with Crippen molar-refractivity contribution in [3.05, 3.63) is 30.1 Å². The van der Waals surface area contributed by atoms with Crippen LogP contribution < -0.4 is 0 Å². The van der Waals surface area contributed by atoms with Crippen molar-refractivity contribution in [3.63, 3.8) is 0 Å². The van der Waals surface area contributed by atoms with E-state index in [4.69, 9.17) is 0 Å². The van der Waals surface area contributed by atoms with Crippen molar-refractivity contribution in [1.29, 1.82) is 0 Å². The van der Waals surface area contributed by atoms with Crippen LogP contribution in [-0.2, 0) is 6.42 Å². The Morgan fingerprint density at radius 3 is 2.94 bits per heavy atom. The summed E-state index contributed by atoms with van der Waals surface area (Å²) >= 11 is 0. The third-order valence-corrected chi connectivity index (χ3v) is 4.14. The largest absolute Gasteiger partial charge is 0.300 e. The molecule has 2 saturated heterocycles. The molecule has 3 heteroatoms. The van der Waals surface area contributed by atoms with Crippen LogP contribution in [0.25, 0.3) is 0 Å². The first-order chi connectivity index (χ1) is 8.42. The average Bonchev–Trinajstić information content (AvgIpc) is 2.85. The molecule has 1 aromatic rings. The first-order valence-corrected chi connectivity index (χ1v) is 6.77. The minimum atomic E-state index is 0.848. The topological polar surface area (TPSA) is 19.4 Å². The Labute approximate surface area is 103 Å². The molecule has 92 valence electrons. The van der Waals surface area contributed by atoms with Gasteiger partial charge in [-0.05, 0) is 43.5 Å². The molecular formula is C14H21N3. The smallest absolute Gasteiger partial charge is 0.0270 e. The molecule has 0 spiro atoms. The van der Waals surface area contributed by atoms with E-state index in [9.17, 15) is 0 Å². The minimum absolute atomic E-state index is 0.848. The molecule has 0 amide bonds. The van der Waals surface area contributed by atoms with E-state index in [2.05, 4.69) is 26.9 Å². The van der Waals surface area contributed by atoms with Crippen molar-refractivity contribution in [3.8, 4) is 0 Å². The summed E-state index contributed by atoms with van der Waals surface area (Å²) in [6, 6.07) is 5.11. The molecule has 3 nitrogen and oxygen atoms in total. The van der Waals surface area contributed by atoms with Crippen LogP contribution >= 0.6 is 0 Å². The number of fused-ring (bicyclic) bond motifs is 1. The van der Waals surface area contributed by atoms with Gasteiger partial charge in [-0.3, -0.25) is 9.88 Å². The van der Waals surface area contributed by atoms with E-state index in [0.717, 1.165) is 12.5 Å². The lowest BCUT2D eigenvalue weighted by Gasteiger charge is -2.37.